The monoisotopic (exact) mass is 734 g/mol. The fraction of sp³-hybridized carbons (Fsp3) is 0.317. The molecule has 0 spiro atoms. The van der Waals surface area contributed by atoms with E-state index >= 15 is 0 Å². The van der Waals surface area contributed by atoms with E-state index in [1.807, 2.05) is 48.5 Å². The van der Waals surface area contributed by atoms with Gasteiger partial charge < -0.3 is 20.7 Å². The largest absolute Gasteiger partial charge is 0.445 e. The normalized spacial score (nSPS) is 13.7. The van der Waals surface area contributed by atoms with Crippen molar-refractivity contribution in [3.63, 3.8) is 0 Å². The van der Waals surface area contributed by atoms with Gasteiger partial charge >= 0.3 is 6.09 Å². The number of unbranched alkanes of at least 4 members (excludes halogenated alkanes) is 3. The number of alkyl carbamates (subject to hydrolysis) is 1. The molecular formula is C41H46N6O7. The topological polar surface area (TPSA) is 175 Å². The summed E-state index contributed by atoms with van der Waals surface area (Å²) in [6.45, 7) is 5.40. The average molecular weight is 735 g/mol. The minimum absolute atomic E-state index is 0.0272. The Morgan fingerprint density at radius 1 is 0.667 bits per heavy atom. The third-order valence-electron chi connectivity index (χ3n) is 9.16. The van der Waals surface area contributed by atoms with Crippen molar-refractivity contribution in [1.29, 1.82) is 0 Å². The van der Waals surface area contributed by atoms with Crippen LogP contribution in [0.25, 0.3) is 10.8 Å². The number of anilines is 1. The lowest BCUT2D eigenvalue weighted by Crippen LogP contribution is -2.56. The Kier molecular flexibility index (Phi) is 13.4. The zero-order chi connectivity index (χ0) is 38.6. The minimum Gasteiger partial charge on any atom is -0.445 e. The first kappa shape index (κ1) is 39.0. The van der Waals surface area contributed by atoms with Crippen molar-refractivity contribution in [1.82, 2.24) is 26.3 Å². The molecule has 3 atom stereocenters. The number of nitrogens with zero attached hydrogens (tertiary/aromatic N) is 1. The summed E-state index contributed by atoms with van der Waals surface area (Å²) in [6.07, 6.45) is 3.07. The molecule has 5 rings (SSSR count). The van der Waals surface area contributed by atoms with Gasteiger partial charge in [0, 0.05) is 34.9 Å². The Bertz CT molecular complexity index is 1970. The summed E-state index contributed by atoms with van der Waals surface area (Å²) in [6, 6.07) is 23.5. The SMILES string of the molecule is CCCCCCN1C(=O)c2cccc3c(NNC(=O)[C@H](Cc4ccccc4)NC(=O)[C@H](C)NC(=O)[C@H](C)NC(=O)OCc4ccccc4)ccc(c23)C1=O. The van der Waals surface area contributed by atoms with E-state index in [2.05, 4.69) is 33.7 Å². The van der Waals surface area contributed by atoms with Gasteiger partial charge in [-0.25, -0.2) is 4.79 Å². The van der Waals surface area contributed by atoms with Gasteiger partial charge in [-0.2, -0.15) is 0 Å². The molecule has 0 fully saturated rings. The Morgan fingerprint density at radius 2 is 1.30 bits per heavy atom. The van der Waals surface area contributed by atoms with Gasteiger partial charge in [-0.05, 0) is 49.6 Å². The van der Waals surface area contributed by atoms with Crippen molar-refractivity contribution >= 4 is 52.1 Å². The molecule has 0 unspecified atom stereocenters. The fourth-order valence-electron chi connectivity index (χ4n) is 6.14. The van der Waals surface area contributed by atoms with Gasteiger partial charge in [0.2, 0.25) is 11.8 Å². The van der Waals surface area contributed by atoms with Gasteiger partial charge in [-0.1, -0.05) is 99.0 Å². The van der Waals surface area contributed by atoms with Crippen molar-refractivity contribution in [3.8, 4) is 0 Å². The third kappa shape index (κ3) is 9.79. The summed E-state index contributed by atoms with van der Waals surface area (Å²) in [5.41, 5.74) is 8.43. The smallest absolute Gasteiger partial charge is 0.408 e. The van der Waals surface area contributed by atoms with Gasteiger partial charge in [0.05, 0.1) is 5.69 Å². The molecule has 0 aromatic heterocycles. The molecule has 54 heavy (non-hydrogen) atoms. The van der Waals surface area contributed by atoms with Crippen LogP contribution in [0.15, 0.2) is 91.0 Å². The predicted molar refractivity (Wildman–Crippen MR) is 204 cm³/mol. The molecule has 0 saturated carbocycles. The highest BCUT2D eigenvalue weighted by Gasteiger charge is 2.33. The number of carbonyl (C=O) groups is 6. The van der Waals surface area contributed by atoms with Crippen LogP contribution < -0.4 is 26.8 Å². The van der Waals surface area contributed by atoms with Crippen molar-refractivity contribution in [2.24, 2.45) is 0 Å². The van der Waals surface area contributed by atoms with E-state index in [0.29, 0.717) is 34.1 Å². The molecule has 282 valence electrons. The number of ether oxygens (including phenoxy) is 1. The zero-order valence-corrected chi connectivity index (χ0v) is 30.6. The predicted octanol–water partition coefficient (Wildman–Crippen LogP) is 5.01. The second-order valence-corrected chi connectivity index (χ2v) is 13.2. The molecule has 0 saturated heterocycles. The molecule has 1 heterocycles. The Morgan fingerprint density at radius 3 is 1.98 bits per heavy atom. The molecule has 6 amide bonds. The Balaban J connectivity index is 1.22. The maximum absolute atomic E-state index is 13.7. The molecule has 5 N–H and O–H groups in total. The highest BCUT2D eigenvalue weighted by molar-refractivity contribution is 6.26. The van der Waals surface area contributed by atoms with Gasteiger partial charge in [0.15, 0.2) is 0 Å². The third-order valence-corrected chi connectivity index (χ3v) is 9.16. The first-order chi connectivity index (χ1) is 26.1. The van der Waals surface area contributed by atoms with Gasteiger partial charge in [-0.15, -0.1) is 0 Å². The van der Waals surface area contributed by atoms with Crippen molar-refractivity contribution < 1.29 is 33.5 Å². The van der Waals surface area contributed by atoms with Crippen LogP contribution in [-0.2, 0) is 32.1 Å². The zero-order valence-electron chi connectivity index (χ0n) is 30.6. The number of hydrazine groups is 1. The number of hydrogen-bond acceptors (Lipinski definition) is 8. The second kappa shape index (κ2) is 18.5. The summed E-state index contributed by atoms with van der Waals surface area (Å²) in [5.74, 6) is -2.53. The summed E-state index contributed by atoms with van der Waals surface area (Å²) < 4.78 is 5.18. The summed E-state index contributed by atoms with van der Waals surface area (Å²) in [5, 5.41) is 8.82. The van der Waals surface area contributed by atoms with Crippen LogP contribution in [0, 0.1) is 0 Å². The number of hydrogen-bond donors (Lipinski definition) is 5. The molecule has 0 bridgehead atoms. The molecule has 13 heteroatoms. The highest BCUT2D eigenvalue weighted by atomic mass is 16.5. The molecule has 4 aromatic carbocycles. The summed E-state index contributed by atoms with van der Waals surface area (Å²) in [7, 11) is 0. The number of imide groups is 1. The van der Waals surface area contributed by atoms with Crippen LogP contribution in [-0.4, -0.2) is 65.2 Å². The first-order valence-corrected chi connectivity index (χ1v) is 18.2. The van der Waals surface area contributed by atoms with Crippen LogP contribution in [0.3, 0.4) is 0 Å². The maximum atomic E-state index is 13.7. The van der Waals surface area contributed by atoms with Crippen LogP contribution in [0.1, 0.15) is 78.3 Å². The summed E-state index contributed by atoms with van der Waals surface area (Å²) >= 11 is 0. The molecule has 1 aliphatic heterocycles. The molecule has 13 nitrogen and oxygen atoms in total. The Labute approximate surface area is 314 Å². The summed E-state index contributed by atoms with van der Waals surface area (Å²) in [4.78, 5) is 80.3. The van der Waals surface area contributed by atoms with Crippen LogP contribution >= 0.6 is 0 Å². The molecule has 1 aliphatic rings. The molecule has 0 aliphatic carbocycles. The first-order valence-electron chi connectivity index (χ1n) is 18.2. The van der Waals surface area contributed by atoms with E-state index in [0.717, 1.165) is 36.8 Å². The number of amides is 6. The Hall–Kier alpha value is -6.24. The average Bonchev–Trinajstić information content (AvgIpc) is 3.18. The standard InChI is InChI=1S/C41H46N6O7/c1-4-5-6-13-23-47-39(51)31-20-14-19-30-33(22-21-32(35(30)31)40(47)52)45-46-38(50)34(24-28-15-9-7-10-16-28)44-37(49)26(2)42-36(48)27(3)43-41(53)54-25-29-17-11-8-12-18-29/h7-12,14-22,26-27,34,45H,4-6,13,23-25H2,1-3H3,(H,42,48)(H,43,53)(H,44,49)(H,46,50)/t26-,27-,34-/m0/s1. The van der Waals surface area contributed by atoms with Gasteiger partial charge in [0.1, 0.15) is 24.7 Å². The van der Waals surface area contributed by atoms with Gasteiger partial charge in [0.25, 0.3) is 17.7 Å². The lowest BCUT2D eigenvalue weighted by atomic mass is 9.93. The maximum Gasteiger partial charge on any atom is 0.408 e. The number of carbonyl (C=O) groups excluding carboxylic acids is 6. The fourth-order valence-corrected chi connectivity index (χ4v) is 6.14. The van der Waals surface area contributed by atoms with Gasteiger partial charge in [-0.3, -0.25) is 39.7 Å². The lowest BCUT2D eigenvalue weighted by Gasteiger charge is -2.28. The van der Waals surface area contributed by atoms with E-state index in [4.69, 9.17) is 4.74 Å². The number of rotatable bonds is 17. The second-order valence-electron chi connectivity index (χ2n) is 13.2. The number of benzene rings is 4. The molecule has 0 radical (unpaired) electrons. The van der Waals surface area contributed by atoms with Crippen LogP contribution in [0.2, 0.25) is 0 Å². The molecular weight excluding hydrogens is 688 g/mol. The number of nitrogens with one attached hydrogen (secondary N) is 5. The van der Waals surface area contributed by atoms with Crippen LogP contribution in [0.4, 0.5) is 10.5 Å². The van der Waals surface area contributed by atoms with E-state index in [1.165, 1.54) is 18.7 Å². The quantitative estimate of drug-likeness (QED) is 0.0572. The highest BCUT2D eigenvalue weighted by Crippen LogP contribution is 2.34. The van der Waals surface area contributed by atoms with Crippen molar-refractivity contribution in [2.45, 2.75) is 77.6 Å². The van der Waals surface area contributed by atoms with Crippen LogP contribution in [0.5, 0.6) is 0 Å². The van der Waals surface area contributed by atoms with Crippen molar-refractivity contribution in [2.75, 3.05) is 12.0 Å². The van der Waals surface area contributed by atoms with E-state index in [1.54, 1.807) is 42.5 Å². The van der Waals surface area contributed by atoms with Crippen molar-refractivity contribution in [3.05, 3.63) is 113 Å². The minimum atomic E-state index is -1.07. The lowest BCUT2D eigenvalue weighted by molar-refractivity contribution is -0.132. The van der Waals surface area contributed by atoms with E-state index in [-0.39, 0.29) is 24.8 Å². The van der Waals surface area contributed by atoms with E-state index in [9.17, 15) is 28.8 Å². The van der Waals surface area contributed by atoms with E-state index < -0.39 is 41.9 Å². The molecule has 4 aromatic rings.